The molecule has 1 atom stereocenters. The quantitative estimate of drug-likeness (QED) is 0.214. The first kappa shape index (κ1) is 25.6. The molecule has 3 aliphatic heterocycles. The van der Waals surface area contributed by atoms with Gasteiger partial charge in [-0.25, -0.2) is 4.99 Å². The highest BCUT2D eigenvalue weighted by atomic mass is 127. The van der Waals surface area contributed by atoms with Crippen LogP contribution in [0.25, 0.3) is 0 Å². The monoisotopic (exact) mass is 536 g/mol. The molecule has 3 rings (SSSR count). The summed E-state index contributed by atoms with van der Waals surface area (Å²) in [6.45, 7) is 11.7. The van der Waals surface area contributed by atoms with Crippen LogP contribution < -0.4 is 5.32 Å². The molecule has 3 aliphatic rings. The van der Waals surface area contributed by atoms with Crippen molar-refractivity contribution in [3.05, 3.63) is 0 Å². The third kappa shape index (κ3) is 8.47. The number of halogens is 1. The van der Waals surface area contributed by atoms with Crippen LogP contribution in [0, 0.1) is 5.92 Å². The Balaban J connectivity index is 0.00000320. The number of guanidine groups is 1. The molecule has 3 saturated heterocycles. The molecule has 30 heavy (non-hydrogen) atoms. The zero-order valence-corrected chi connectivity index (χ0v) is 21.2. The van der Waals surface area contributed by atoms with Gasteiger partial charge in [-0.3, -0.25) is 9.69 Å². The van der Waals surface area contributed by atoms with Crippen molar-refractivity contribution >= 4 is 35.8 Å². The Bertz CT molecular complexity index is 536. The SMILES string of the molecule is CN(C)C(=O)CN=C(NCCCN1CCOCC1)N1CCC(CN2CCCC2)C1.I. The van der Waals surface area contributed by atoms with Crippen LogP contribution in [0.5, 0.6) is 0 Å². The number of carbonyl (C=O) groups excluding carboxylic acids is 1. The van der Waals surface area contributed by atoms with E-state index in [1.807, 2.05) is 0 Å². The predicted molar refractivity (Wildman–Crippen MR) is 132 cm³/mol. The highest BCUT2D eigenvalue weighted by Crippen LogP contribution is 2.20. The summed E-state index contributed by atoms with van der Waals surface area (Å²) in [5.74, 6) is 1.66. The fourth-order valence-electron chi connectivity index (χ4n) is 4.38. The molecule has 1 N–H and O–H groups in total. The second kappa shape index (κ2) is 13.7. The number of nitrogens with zero attached hydrogens (tertiary/aromatic N) is 5. The van der Waals surface area contributed by atoms with Gasteiger partial charge < -0.3 is 24.8 Å². The molecule has 0 saturated carbocycles. The molecule has 0 bridgehead atoms. The van der Waals surface area contributed by atoms with Crippen molar-refractivity contribution in [3.8, 4) is 0 Å². The summed E-state index contributed by atoms with van der Waals surface area (Å²) in [6.07, 6.45) is 4.99. The van der Waals surface area contributed by atoms with Crippen LogP contribution in [0.4, 0.5) is 0 Å². The van der Waals surface area contributed by atoms with Gasteiger partial charge in [0, 0.05) is 53.4 Å². The maximum absolute atomic E-state index is 12.0. The Morgan fingerprint density at radius 1 is 1.10 bits per heavy atom. The smallest absolute Gasteiger partial charge is 0.243 e. The number of hydrogen-bond donors (Lipinski definition) is 1. The number of carbonyl (C=O) groups is 1. The van der Waals surface area contributed by atoms with Crippen molar-refractivity contribution in [1.29, 1.82) is 0 Å². The molecule has 0 radical (unpaired) electrons. The van der Waals surface area contributed by atoms with E-state index < -0.39 is 0 Å². The van der Waals surface area contributed by atoms with Crippen LogP contribution in [-0.2, 0) is 9.53 Å². The fraction of sp³-hybridized carbons (Fsp3) is 0.905. The molecule has 0 aromatic rings. The van der Waals surface area contributed by atoms with E-state index in [9.17, 15) is 4.79 Å². The van der Waals surface area contributed by atoms with Crippen molar-refractivity contribution < 1.29 is 9.53 Å². The van der Waals surface area contributed by atoms with Crippen LogP contribution >= 0.6 is 24.0 Å². The number of nitrogens with one attached hydrogen (secondary N) is 1. The van der Waals surface area contributed by atoms with E-state index >= 15 is 0 Å². The summed E-state index contributed by atoms with van der Waals surface area (Å²) >= 11 is 0. The van der Waals surface area contributed by atoms with Crippen molar-refractivity contribution in [2.75, 3.05) is 92.8 Å². The number of amides is 1. The first-order valence-corrected chi connectivity index (χ1v) is 11.4. The number of rotatable bonds is 8. The topological polar surface area (TPSA) is 63.7 Å². The highest BCUT2D eigenvalue weighted by Gasteiger charge is 2.27. The number of morpholine rings is 1. The zero-order chi connectivity index (χ0) is 20.5. The zero-order valence-electron chi connectivity index (χ0n) is 18.9. The summed E-state index contributed by atoms with van der Waals surface area (Å²) in [7, 11) is 3.57. The second-order valence-electron chi connectivity index (χ2n) is 8.77. The molecule has 8 nitrogen and oxygen atoms in total. The minimum Gasteiger partial charge on any atom is -0.379 e. The van der Waals surface area contributed by atoms with E-state index in [0.717, 1.165) is 64.9 Å². The van der Waals surface area contributed by atoms with Gasteiger partial charge in [0.15, 0.2) is 5.96 Å². The van der Waals surface area contributed by atoms with Gasteiger partial charge in [0.1, 0.15) is 6.54 Å². The molecule has 174 valence electrons. The van der Waals surface area contributed by atoms with Crippen molar-refractivity contribution in [2.45, 2.75) is 25.7 Å². The standard InChI is InChI=1S/C21H40N6O2.HI/c1-24(2)20(28)16-23-21(22-7-5-10-25-12-14-29-15-13-25)27-11-6-19(18-27)17-26-8-3-4-9-26;/h19H,3-18H2,1-2H3,(H,22,23);1H. The second-order valence-corrected chi connectivity index (χ2v) is 8.77. The van der Waals surface area contributed by atoms with Crippen molar-refractivity contribution in [3.63, 3.8) is 0 Å². The van der Waals surface area contributed by atoms with E-state index in [1.165, 1.54) is 38.9 Å². The first-order valence-electron chi connectivity index (χ1n) is 11.4. The molecule has 3 fully saturated rings. The predicted octanol–water partition coefficient (Wildman–Crippen LogP) is 0.778. The average Bonchev–Trinajstić information content (AvgIpc) is 3.40. The minimum atomic E-state index is 0. The summed E-state index contributed by atoms with van der Waals surface area (Å²) in [5, 5.41) is 3.54. The lowest BCUT2D eigenvalue weighted by Gasteiger charge is -2.27. The number of hydrogen-bond acceptors (Lipinski definition) is 5. The lowest BCUT2D eigenvalue weighted by Crippen LogP contribution is -2.43. The van der Waals surface area contributed by atoms with Crippen LogP contribution in [0.1, 0.15) is 25.7 Å². The summed E-state index contributed by atoms with van der Waals surface area (Å²) in [4.78, 5) is 25.7. The van der Waals surface area contributed by atoms with Gasteiger partial charge in [-0.05, 0) is 51.2 Å². The molecule has 0 spiro atoms. The van der Waals surface area contributed by atoms with Gasteiger partial charge >= 0.3 is 0 Å². The van der Waals surface area contributed by atoms with E-state index in [-0.39, 0.29) is 36.4 Å². The van der Waals surface area contributed by atoms with E-state index in [2.05, 4.69) is 25.0 Å². The minimum absolute atomic E-state index is 0. The molecule has 1 unspecified atom stereocenters. The van der Waals surface area contributed by atoms with Crippen LogP contribution in [0.3, 0.4) is 0 Å². The van der Waals surface area contributed by atoms with Gasteiger partial charge in [-0.15, -0.1) is 24.0 Å². The fourth-order valence-corrected chi connectivity index (χ4v) is 4.38. The third-order valence-corrected chi connectivity index (χ3v) is 6.20. The number of likely N-dealkylation sites (tertiary alicyclic amines) is 2. The first-order chi connectivity index (χ1) is 14.1. The van der Waals surface area contributed by atoms with Crippen LogP contribution in [-0.4, -0.2) is 124 Å². The molecule has 0 aliphatic carbocycles. The van der Waals surface area contributed by atoms with Gasteiger partial charge in [0.25, 0.3) is 0 Å². The maximum atomic E-state index is 12.0. The van der Waals surface area contributed by atoms with Crippen LogP contribution in [0.2, 0.25) is 0 Å². The normalized spacial score (nSPS) is 23.5. The number of aliphatic imine (C=N–C) groups is 1. The van der Waals surface area contributed by atoms with Gasteiger partial charge in [0.05, 0.1) is 13.2 Å². The van der Waals surface area contributed by atoms with Gasteiger partial charge in [-0.1, -0.05) is 0 Å². The Morgan fingerprint density at radius 2 is 1.83 bits per heavy atom. The summed E-state index contributed by atoms with van der Waals surface area (Å²) in [6, 6.07) is 0. The van der Waals surface area contributed by atoms with Crippen molar-refractivity contribution in [1.82, 2.24) is 24.9 Å². The molecule has 9 heteroatoms. The maximum Gasteiger partial charge on any atom is 0.243 e. The lowest BCUT2D eigenvalue weighted by molar-refractivity contribution is -0.127. The lowest BCUT2D eigenvalue weighted by atomic mass is 10.1. The van der Waals surface area contributed by atoms with Crippen molar-refractivity contribution in [2.24, 2.45) is 10.9 Å². The highest BCUT2D eigenvalue weighted by molar-refractivity contribution is 14.0. The largest absolute Gasteiger partial charge is 0.379 e. The molecule has 1 amide bonds. The Kier molecular flexibility index (Phi) is 11.7. The Labute approximate surface area is 199 Å². The van der Waals surface area contributed by atoms with E-state index in [4.69, 9.17) is 4.74 Å². The summed E-state index contributed by atoms with van der Waals surface area (Å²) in [5.41, 5.74) is 0. The molecule has 0 aromatic heterocycles. The average molecular weight is 537 g/mol. The Hall–Kier alpha value is -0.650. The molecule has 3 heterocycles. The summed E-state index contributed by atoms with van der Waals surface area (Å²) < 4.78 is 5.42. The Morgan fingerprint density at radius 3 is 2.53 bits per heavy atom. The van der Waals surface area contributed by atoms with Gasteiger partial charge in [-0.2, -0.15) is 0 Å². The molecular formula is C21H41IN6O2. The molecule has 0 aromatic carbocycles. The van der Waals surface area contributed by atoms with Gasteiger partial charge in [0.2, 0.25) is 5.91 Å². The number of likely N-dealkylation sites (N-methyl/N-ethyl adjacent to an activating group) is 1. The number of ether oxygens (including phenoxy) is 1. The van der Waals surface area contributed by atoms with E-state index in [0.29, 0.717) is 5.92 Å². The third-order valence-electron chi connectivity index (χ3n) is 6.20. The van der Waals surface area contributed by atoms with Crippen LogP contribution in [0.15, 0.2) is 4.99 Å². The molecular weight excluding hydrogens is 495 g/mol. The van der Waals surface area contributed by atoms with E-state index in [1.54, 1.807) is 19.0 Å².